The third-order valence-electron chi connectivity index (χ3n) is 6.93. The Labute approximate surface area is 229 Å². The standard InChI is InChI=1S/C33H60O4/c1-3-5-7-9-11-12-13-14-15-16-17-18-20-26-30-33(36)37-31(27-23-19-10-8-6-4-2)28-24-21-22-25-29-32(34)35/h9,11,13-14,31H,3-8,10,12,15-30H2,1-2H3,(H,34,35)/b11-9-,14-13-. The normalized spacial score (nSPS) is 12.5. The molecule has 0 amide bonds. The fourth-order valence-corrected chi connectivity index (χ4v) is 4.55. The van der Waals surface area contributed by atoms with E-state index in [-0.39, 0.29) is 18.5 Å². The van der Waals surface area contributed by atoms with Gasteiger partial charge in [-0.15, -0.1) is 0 Å². The van der Waals surface area contributed by atoms with Crippen molar-refractivity contribution in [1.82, 2.24) is 0 Å². The molecule has 37 heavy (non-hydrogen) atoms. The average molecular weight is 521 g/mol. The first-order chi connectivity index (χ1) is 18.1. The Morgan fingerprint density at radius 1 is 0.595 bits per heavy atom. The van der Waals surface area contributed by atoms with E-state index >= 15 is 0 Å². The highest BCUT2D eigenvalue weighted by molar-refractivity contribution is 5.69. The Hall–Kier alpha value is -1.58. The highest BCUT2D eigenvalue weighted by atomic mass is 16.5. The van der Waals surface area contributed by atoms with Gasteiger partial charge in [-0.2, -0.15) is 0 Å². The smallest absolute Gasteiger partial charge is 0.306 e. The van der Waals surface area contributed by atoms with Gasteiger partial charge in [0, 0.05) is 12.8 Å². The van der Waals surface area contributed by atoms with E-state index in [1.807, 2.05) is 0 Å². The molecule has 0 aromatic rings. The van der Waals surface area contributed by atoms with Crippen LogP contribution in [0.5, 0.6) is 0 Å². The molecule has 1 N–H and O–H groups in total. The van der Waals surface area contributed by atoms with Crippen LogP contribution in [0.4, 0.5) is 0 Å². The van der Waals surface area contributed by atoms with Gasteiger partial charge < -0.3 is 9.84 Å². The lowest BCUT2D eigenvalue weighted by Gasteiger charge is -2.18. The van der Waals surface area contributed by atoms with Crippen molar-refractivity contribution in [2.45, 2.75) is 174 Å². The summed E-state index contributed by atoms with van der Waals surface area (Å²) in [6.07, 6.45) is 34.7. The number of carboxylic acid groups (broad SMARTS) is 1. The summed E-state index contributed by atoms with van der Waals surface area (Å²) in [6.45, 7) is 4.46. The van der Waals surface area contributed by atoms with Gasteiger partial charge in [-0.05, 0) is 64.2 Å². The number of hydrogen-bond donors (Lipinski definition) is 1. The first-order valence-electron chi connectivity index (χ1n) is 15.8. The number of rotatable bonds is 28. The summed E-state index contributed by atoms with van der Waals surface area (Å²) < 4.78 is 5.89. The van der Waals surface area contributed by atoms with E-state index in [2.05, 4.69) is 38.2 Å². The van der Waals surface area contributed by atoms with Gasteiger partial charge in [-0.1, -0.05) is 115 Å². The molecule has 0 heterocycles. The second-order valence-electron chi connectivity index (χ2n) is 10.6. The number of hydrogen-bond acceptors (Lipinski definition) is 3. The second kappa shape index (κ2) is 29.0. The molecule has 216 valence electrons. The van der Waals surface area contributed by atoms with Crippen molar-refractivity contribution >= 4 is 11.9 Å². The van der Waals surface area contributed by atoms with Gasteiger partial charge in [0.1, 0.15) is 6.10 Å². The van der Waals surface area contributed by atoms with Crippen LogP contribution in [0.2, 0.25) is 0 Å². The van der Waals surface area contributed by atoms with Crippen molar-refractivity contribution in [3.05, 3.63) is 24.3 Å². The number of carbonyl (C=O) groups is 2. The molecule has 0 spiro atoms. The lowest BCUT2D eigenvalue weighted by molar-refractivity contribution is -0.150. The summed E-state index contributed by atoms with van der Waals surface area (Å²) in [6, 6.07) is 0. The summed E-state index contributed by atoms with van der Waals surface area (Å²) in [5, 5.41) is 8.77. The zero-order valence-corrected chi connectivity index (χ0v) is 24.5. The number of ether oxygens (including phenoxy) is 1. The molecule has 0 aromatic heterocycles. The largest absolute Gasteiger partial charge is 0.481 e. The van der Waals surface area contributed by atoms with Crippen LogP contribution >= 0.6 is 0 Å². The van der Waals surface area contributed by atoms with Crippen molar-refractivity contribution in [3.63, 3.8) is 0 Å². The zero-order valence-electron chi connectivity index (χ0n) is 24.5. The van der Waals surface area contributed by atoms with Crippen LogP contribution < -0.4 is 0 Å². The molecule has 0 aliphatic rings. The Morgan fingerprint density at radius 2 is 1.08 bits per heavy atom. The lowest BCUT2D eigenvalue weighted by atomic mass is 10.0. The molecule has 0 aliphatic heterocycles. The third kappa shape index (κ3) is 28.8. The molecular formula is C33H60O4. The topological polar surface area (TPSA) is 63.6 Å². The van der Waals surface area contributed by atoms with Crippen molar-refractivity contribution in [2.24, 2.45) is 0 Å². The van der Waals surface area contributed by atoms with E-state index < -0.39 is 5.97 Å². The minimum atomic E-state index is -0.715. The monoisotopic (exact) mass is 520 g/mol. The summed E-state index contributed by atoms with van der Waals surface area (Å²) >= 11 is 0. The summed E-state index contributed by atoms with van der Waals surface area (Å²) in [7, 11) is 0. The quantitative estimate of drug-likeness (QED) is 0.0633. The second-order valence-corrected chi connectivity index (χ2v) is 10.6. The van der Waals surface area contributed by atoms with E-state index in [0.29, 0.717) is 6.42 Å². The van der Waals surface area contributed by atoms with Gasteiger partial charge in [0.15, 0.2) is 0 Å². The molecule has 4 heteroatoms. The highest BCUT2D eigenvalue weighted by Gasteiger charge is 2.14. The Kier molecular flexibility index (Phi) is 27.7. The molecule has 0 aromatic carbocycles. The molecular weight excluding hydrogens is 460 g/mol. The molecule has 0 saturated heterocycles. The number of esters is 1. The van der Waals surface area contributed by atoms with E-state index in [1.54, 1.807) is 0 Å². The summed E-state index contributed by atoms with van der Waals surface area (Å²) in [4.78, 5) is 23.1. The van der Waals surface area contributed by atoms with Crippen molar-refractivity contribution < 1.29 is 19.4 Å². The minimum Gasteiger partial charge on any atom is -0.481 e. The van der Waals surface area contributed by atoms with E-state index in [0.717, 1.165) is 70.6 Å². The fraction of sp³-hybridized carbons (Fsp3) is 0.818. The Bertz CT molecular complexity index is 567. The first-order valence-corrected chi connectivity index (χ1v) is 15.8. The molecule has 0 fully saturated rings. The fourth-order valence-electron chi connectivity index (χ4n) is 4.55. The van der Waals surface area contributed by atoms with E-state index in [1.165, 1.54) is 70.6 Å². The van der Waals surface area contributed by atoms with Crippen molar-refractivity contribution in [2.75, 3.05) is 0 Å². The SMILES string of the molecule is CCCC/C=C\C/C=C\CCCCCCCC(=O)OC(CCCCCCCC)CCCCCCC(=O)O. The Morgan fingerprint density at radius 3 is 1.68 bits per heavy atom. The number of unbranched alkanes of at least 4 members (excludes halogenated alkanes) is 15. The van der Waals surface area contributed by atoms with Gasteiger partial charge in [0.05, 0.1) is 0 Å². The molecule has 4 nitrogen and oxygen atoms in total. The third-order valence-corrected chi connectivity index (χ3v) is 6.93. The van der Waals surface area contributed by atoms with E-state index in [4.69, 9.17) is 9.84 Å². The predicted molar refractivity (Wildman–Crippen MR) is 158 cm³/mol. The predicted octanol–water partition coefficient (Wildman–Crippen LogP) is 10.5. The molecule has 0 radical (unpaired) electrons. The lowest BCUT2D eigenvalue weighted by Crippen LogP contribution is -2.18. The van der Waals surface area contributed by atoms with Crippen LogP contribution in [0.25, 0.3) is 0 Å². The maximum absolute atomic E-state index is 12.5. The molecule has 0 rings (SSSR count). The van der Waals surface area contributed by atoms with Crippen LogP contribution in [-0.2, 0) is 14.3 Å². The van der Waals surface area contributed by atoms with Crippen molar-refractivity contribution in [1.29, 1.82) is 0 Å². The number of aliphatic carboxylic acids is 1. The summed E-state index contributed by atoms with van der Waals surface area (Å²) in [5.74, 6) is -0.746. The van der Waals surface area contributed by atoms with Crippen molar-refractivity contribution in [3.8, 4) is 0 Å². The average Bonchev–Trinajstić information content (AvgIpc) is 2.87. The van der Waals surface area contributed by atoms with Crippen LogP contribution in [0.1, 0.15) is 168 Å². The molecule has 0 aliphatic carbocycles. The number of carboxylic acids is 1. The van der Waals surface area contributed by atoms with Gasteiger partial charge in [-0.3, -0.25) is 9.59 Å². The maximum Gasteiger partial charge on any atom is 0.306 e. The van der Waals surface area contributed by atoms with Gasteiger partial charge in [0.25, 0.3) is 0 Å². The molecule has 0 bridgehead atoms. The Balaban J connectivity index is 3.96. The molecule has 0 saturated carbocycles. The summed E-state index contributed by atoms with van der Waals surface area (Å²) in [5.41, 5.74) is 0. The van der Waals surface area contributed by atoms with E-state index in [9.17, 15) is 9.59 Å². The first kappa shape index (κ1) is 35.4. The van der Waals surface area contributed by atoms with Crippen LogP contribution in [0, 0.1) is 0 Å². The van der Waals surface area contributed by atoms with Gasteiger partial charge in [0.2, 0.25) is 0 Å². The minimum absolute atomic E-state index is 0.0308. The van der Waals surface area contributed by atoms with Gasteiger partial charge >= 0.3 is 11.9 Å². The molecule has 1 atom stereocenters. The maximum atomic E-state index is 12.5. The highest BCUT2D eigenvalue weighted by Crippen LogP contribution is 2.18. The van der Waals surface area contributed by atoms with Crippen LogP contribution in [-0.4, -0.2) is 23.1 Å². The number of carbonyl (C=O) groups excluding carboxylic acids is 1. The zero-order chi connectivity index (χ0) is 27.2. The van der Waals surface area contributed by atoms with Crippen LogP contribution in [0.3, 0.4) is 0 Å². The van der Waals surface area contributed by atoms with Gasteiger partial charge in [-0.25, -0.2) is 0 Å². The molecule has 1 unspecified atom stereocenters. The number of allylic oxidation sites excluding steroid dienone is 4. The van der Waals surface area contributed by atoms with Crippen LogP contribution in [0.15, 0.2) is 24.3 Å².